The number of thioether (sulfide) groups is 1. The van der Waals surface area contributed by atoms with E-state index in [0.717, 1.165) is 23.4 Å². The molecule has 2 aliphatic rings. The Morgan fingerprint density at radius 2 is 2.03 bits per heavy atom. The quantitative estimate of drug-likeness (QED) is 0.444. The monoisotopic (exact) mass is 440 g/mol. The van der Waals surface area contributed by atoms with Gasteiger partial charge in [0.1, 0.15) is 0 Å². The first-order valence-corrected chi connectivity index (χ1v) is 10.6. The van der Waals surface area contributed by atoms with Crippen LogP contribution in [0.1, 0.15) is 25.1 Å². The van der Waals surface area contributed by atoms with Crippen molar-refractivity contribution in [2.45, 2.75) is 24.7 Å². The molecule has 31 heavy (non-hydrogen) atoms. The van der Waals surface area contributed by atoms with Gasteiger partial charge >= 0.3 is 5.69 Å². The van der Waals surface area contributed by atoms with Crippen molar-refractivity contribution in [2.24, 2.45) is 0 Å². The van der Waals surface area contributed by atoms with E-state index < -0.39 is 6.23 Å². The largest absolute Gasteiger partial charge is 0.454 e. The number of anilines is 1. The minimum absolute atomic E-state index is 0.0300. The first-order valence-electron chi connectivity index (χ1n) is 9.64. The molecule has 3 aromatic rings. The van der Waals surface area contributed by atoms with Gasteiger partial charge in [-0.25, -0.2) is 5.21 Å². The molecule has 0 radical (unpaired) electrons. The van der Waals surface area contributed by atoms with Gasteiger partial charge in [0.25, 0.3) is 4.92 Å². The normalized spacial score (nSPS) is 15.8. The fraction of sp³-hybridized carbons (Fsp3) is 0.250. The van der Waals surface area contributed by atoms with Gasteiger partial charge in [0, 0.05) is 23.1 Å². The Morgan fingerprint density at radius 3 is 2.84 bits per heavy atom. The lowest BCUT2D eigenvalue weighted by Gasteiger charge is -2.19. The zero-order chi connectivity index (χ0) is 21.4. The SMILES string of the molecule is CCCSc1nnc2c(n1)OC(c1cc3c(cc1[N+](=O)O)OCO3)Nc1ccccc1-2. The van der Waals surface area contributed by atoms with Crippen LogP contribution in [0.3, 0.4) is 0 Å². The summed E-state index contributed by atoms with van der Waals surface area (Å²) in [4.78, 5) is 16.2. The van der Waals surface area contributed by atoms with Crippen LogP contribution in [0.2, 0.25) is 0 Å². The van der Waals surface area contributed by atoms with Gasteiger partial charge in [0.15, 0.2) is 17.2 Å². The third-order valence-corrected chi connectivity index (χ3v) is 5.82. The number of hydrogen-bond acceptors (Lipinski definition) is 9. The number of rotatable bonds is 5. The zero-order valence-corrected chi connectivity index (χ0v) is 17.3. The van der Waals surface area contributed by atoms with Crippen molar-refractivity contribution >= 4 is 23.1 Å². The molecule has 0 spiro atoms. The van der Waals surface area contributed by atoms with Gasteiger partial charge in [-0.05, 0) is 12.5 Å². The topological polar surface area (TPSA) is 119 Å². The smallest absolute Gasteiger partial charge is 0.329 e. The van der Waals surface area contributed by atoms with Crippen LogP contribution in [0.5, 0.6) is 17.4 Å². The molecule has 1 unspecified atom stereocenters. The van der Waals surface area contributed by atoms with E-state index >= 15 is 0 Å². The second kappa shape index (κ2) is 7.91. The van der Waals surface area contributed by atoms with E-state index in [4.69, 9.17) is 14.2 Å². The minimum Gasteiger partial charge on any atom is -0.454 e. The summed E-state index contributed by atoms with van der Waals surface area (Å²) in [5.41, 5.74) is 2.28. The third kappa shape index (κ3) is 3.56. The van der Waals surface area contributed by atoms with Crippen LogP contribution in [0.15, 0.2) is 41.6 Å². The molecule has 0 saturated heterocycles. The van der Waals surface area contributed by atoms with E-state index in [9.17, 15) is 10.1 Å². The lowest BCUT2D eigenvalue weighted by Crippen LogP contribution is -2.19. The lowest BCUT2D eigenvalue weighted by atomic mass is 10.1. The van der Waals surface area contributed by atoms with Crippen LogP contribution in [-0.2, 0) is 0 Å². The first-order chi connectivity index (χ1) is 15.1. The molecule has 0 amide bonds. The van der Waals surface area contributed by atoms with Gasteiger partial charge < -0.3 is 19.5 Å². The van der Waals surface area contributed by atoms with Crippen molar-refractivity contribution in [3.8, 4) is 28.6 Å². The van der Waals surface area contributed by atoms with Crippen molar-refractivity contribution in [1.82, 2.24) is 15.2 Å². The van der Waals surface area contributed by atoms with Crippen LogP contribution in [0.4, 0.5) is 11.4 Å². The highest BCUT2D eigenvalue weighted by Crippen LogP contribution is 2.44. The lowest BCUT2D eigenvalue weighted by molar-refractivity contribution is -0.730. The molecule has 0 fully saturated rings. The summed E-state index contributed by atoms with van der Waals surface area (Å²) in [5.74, 6) is 1.94. The number of fused-ring (bicyclic) bond motifs is 4. The van der Waals surface area contributed by atoms with Gasteiger partial charge in [0.2, 0.25) is 24.1 Å². The molecule has 1 aromatic heterocycles. The number of nitrogens with one attached hydrogen (secondary N) is 1. The predicted molar refractivity (Wildman–Crippen MR) is 111 cm³/mol. The fourth-order valence-corrected chi connectivity index (χ4v) is 4.00. The van der Waals surface area contributed by atoms with E-state index in [1.807, 2.05) is 24.3 Å². The standard InChI is InChI=1S/C20H18N5O5S/c1-2-7-31-20-22-19-17(23-24-20)11-5-3-4-6-13(11)21-18(30-19)12-8-15-16(29-10-28-15)9-14(12)25(26)27/h3-6,8-9,18,21H,2,7,10H2,1H3,(H,26,27)/q+1. The summed E-state index contributed by atoms with van der Waals surface area (Å²) >= 11 is 1.48. The van der Waals surface area contributed by atoms with Crippen LogP contribution in [-0.4, -0.2) is 37.9 Å². The van der Waals surface area contributed by atoms with Crippen molar-refractivity contribution in [3.05, 3.63) is 46.9 Å². The van der Waals surface area contributed by atoms with Crippen molar-refractivity contribution < 1.29 is 24.3 Å². The zero-order valence-electron chi connectivity index (χ0n) is 16.4. The molecule has 1 atom stereocenters. The number of aromatic nitrogens is 3. The molecular weight excluding hydrogens is 422 g/mol. The summed E-state index contributed by atoms with van der Waals surface area (Å²) in [6, 6.07) is 10.5. The molecule has 0 aliphatic carbocycles. The number of nitrogens with zero attached hydrogens (tertiary/aromatic N) is 4. The molecule has 2 N–H and O–H groups in total. The van der Waals surface area contributed by atoms with Gasteiger partial charge in [0.05, 0.1) is 16.5 Å². The van der Waals surface area contributed by atoms with Gasteiger partial charge in [-0.1, -0.05) is 36.9 Å². The molecule has 158 valence electrons. The van der Waals surface area contributed by atoms with Crippen LogP contribution in [0, 0.1) is 4.91 Å². The Kier molecular flexibility index (Phi) is 4.94. The summed E-state index contributed by atoms with van der Waals surface area (Å²) in [6.45, 7) is 2.10. The number of hydrogen-bond donors (Lipinski definition) is 2. The highest BCUT2D eigenvalue weighted by molar-refractivity contribution is 7.99. The minimum atomic E-state index is -0.865. The maximum absolute atomic E-state index is 11.9. The highest BCUT2D eigenvalue weighted by atomic mass is 32.2. The molecule has 2 aromatic carbocycles. The second-order valence-corrected chi connectivity index (χ2v) is 7.88. The molecule has 0 saturated carbocycles. The predicted octanol–water partition coefficient (Wildman–Crippen LogP) is 4.07. The number of benzene rings is 2. The molecule has 10 nitrogen and oxygen atoms in total. The Morgan fingerprint density at radius 1 is 1.23 bits per heavy atom. The van der Waals surface area contributed by atoms with E-state index in [-0.39, 0.29) is 23.3 Å². The molecule has 5 rings (SSSR count). The Bertz CT molecular complexity index is 1170. The van der Waals surface area contributed by atoms with E-state index in [1.54, 1.807) is 6.07 Å². The molecule has 3 heterocycles. The summed E-state index contributed by atoms with van der Waals surface area (Å²) in [5, 5.41) is 22.1. The Labute approximate surface area is 181 Å². The Balaban J connectivity index is 1.63. The maximum Gasteiger partial charge on any atom is 0.329 e. The first kappa shape index (κ1) is 19.4. The average Bonchev–Trinajstić information content (AvgIpc) is 3.17. The summed E-state index contributed by atoms with van der Waals surface area (Å²) < 4.78 is 17.0. The maximum atomic E-state index is 11.9. The molecule has 2 aliphatic heterocycles. The van der Waals surface area contributed by atoms with Crippen molar-refractivity contribution in [2.75, 3.05) is 17.9 Å². The Hall–Kier alpha value is -3.60. The molecule has 11 heteroatoms. The fourth-order valence-electron chi connectivity index (χ4n) is 3.37. The van der Waals surface area contributed by atoms with Crippen LogP contribution >= 0.6 is 11.8 Å². The van der Waals surface area contributed by atoms with E-state index in [1.165, 1.54) is 17.8 Å². The van der Waals surface area contributed by atoms with E-state index in [2.05, 4.69) is 27.4 Å². The summed E-state index contributed by atoms with van der Waals surface area (Å²) in [6.07, 6.45) is 0.103. The van der Waals surface area contributed by atoms with Crippen molar-refractivity contribution in [3.63, 3.8) is 0 Å². The highest BCUT2D eigenvalue weighted by Gasteiger charge is 2.35. The molecule has 0 bridgehead atoms. The number of ether oxygens (including phenoxy) is 3. The van der Waals surface area contributed by atoms with Crippen LogP contribution in [0.25, 0.3) is 11.3 Å². The molecular formula is C20H18N5O5S+. The van der Waals surface area contributed by atoms with E-state index in [0.29, 0.717) is 27.9 Å². The second-order valence-electron chi connectivity index (χ2n) is 6.82. The van der Waals surface area contributed by atoms with Crippen LogP contribution < -0.4 is 19.5 Å². The summed E-state index contributed by atoms with van der Waals surface area (Å²) in [7, 11) is 0. The van der Waals surface area contributed by atoms with Gasteiger partial charge in [-0.2, -0.15) is 4.98 Å². The van der Waals surface area contributed by atoms with Gasteiger partial charge in [-0.15, -0.1) is 10.2 Å². The third-order valence-electron chi connectivity index (χ3n) is 4.78. The van der Waals surface area contributed by atoms with Crippen molar-refractivity contribution in [1.29, 1.82) is 0 Å². The average molecular weight is 440 g/mol. The van der Waals surface area contributed by atoms with Gasteiger partial charge in [-0.3, -0.25) is 0 Å². The number of para-hydroxylation sites is 1.